The summed E-state index contributed by atoms with van der Waals surface area (Å²) in [5, 5.41) is 22.5. The van der Waals surface area contributed by atoms with Crippen LogP contribution >= 0.6 is 0 Å². The molecule has 0 atom stereocenters. The van der Waals surface area contributed by atoms with Gasteiger partial charge in [-0.25, -0.2) is 19.1 Å². The van der Waals surface area contributed by atoms with E-state index in [1.807, 2.05) is 6.92 Å². The quantitative estimate of drug-likeness (QED) is 0.203. The normalized spacial score (nSPS) is 10.7. The third kappa shape index (κ3) is 5.73. The van der Waals surface area contributed by atoms with E-state index in [1.165, 1.54) is 29.0 Å². The highest BCUT2D eigenvalue weighted by Crippen LogP contribution is 2.28. The molecule has 0 spiro atoms. The Morgan fingerprint density at radius 3 is 2.65 bits per heavy atom. The maximum atomic E-state index is 13.5. The zero-order valence-corrected chi connectivity index (χ0v) is 21.7. The second kappa shape index (κ2) is 12.0. The number of anilines is 3. The largest absolute Gasteiger partial charge is 0.426 e. The zero-order valence-electron chi connectivity index (χ0n) is 21.7. The number of fused-ring (bicyclic) bond motifs is 1. The fourth-order valence-corrected chi connectivity index (χ4v) is 3.74. The minimum atomic E-state index is -1.20. The van der Waals surface area contributed by atoms with Crippen molar-refractivity contribution in [2.45, 2.75) is 20.8 Å². The number of nitrogens with one attached hydrogen (secondary N) is 2. The first-order valence-electron chi connectivity index (χ1n) is 11.9. The Bertz CT molecular complexity index is 1560. The number of amides is 3. The molecule has 0 unspecified atom stereocenters. The van der Waals surface area contributed by atoms with Crippen LogP contribution in [-0.4, -0.2) is 68.7 Å². The number of aliphatic hydroxyl groups is 1. The van der Waals surface area contributed by atoms with Gasteiger partial charge in [0.15, 0.2) is 11.6 Å². The van der Waals surface area contributed by atoms with E-state index < -0.39 is 31.4 Å². The van der Waals surface area contributed by atoms with Crippen LogP contribution in [0.3, 0.4) is 0 Å². The van der Waals surface area contributed by atoms with Crippen molar-refractivity contribution in [2.75, 3.05) is 30.2 Å². The van der Waals surface area contributed by atoms with Crippen LogP contribution in [0.1, 0.15) is 38.8 Å². The SMILES string of the molecule is CCNC(=O)c1cn2ncnc(Nc3cc(C(=O)N(C(=O)OCOC(=O)CO)c4ccon4)ccc3C)c2c1C. The van der Waals surface area contributed by atoms with Gasteiger partial charge in [-0.3, -0.25) is 9.59 Å². The number of rotatable bonds is 9. The number of esters is 1. The van der Waals surface area contributed by atoms with Gasteiger partial charge in [-0.2, -0.15) is 10.00 Å². The van der Waals surface area contributed by atoms with E-state index in [0.29, 0.717) is 39.6 Å². The molecular weight excluding hydrogens is 526 g/mol. The van der Waals surface area contributed by atoms with Crippen molar-refractivity contribution in [2.24, 2.45) is 0 Å². The number of nitrogens with zero attached hydrogens (tertiary/aromatic N) is 5. The summed E-state index contributed by atoms with van der Waals surface area (Å²) in [6.45, 7) is 4.13. The molecule has 3 aromatic heterocycles. The van der Waals surface area contributed by atoms with E-state index in [4.69, 9.17) is 14.4 Å². The summed E-state index contributed by atoms with van der Waals surface area (Å²) in [7, 11) is 0. The van der Waals surface area contributed by atoms with Crippen LogP contribution < -0.4 is 15.5 Å². The fraction of sp³-hybridized carbons (Fsp3) is 0.240. The third-order valence-corrected chi connectivity index (χ3v) is 5.72. The topological polar surface area (TPSA) is 190 Å². The number of carbonyl (C=O) groups is 4. The van der Waals surface area contributed by atoms with Crippen LogP contribution in [0.15, 0.2) is 47.6 Å². The molecule has 4 aromatic rings. The highest BCUT2D eigenvalue weighted by molar-refractivity contribution is 6.19. The van der Waals surface area contributed by atoms with Crippen molar-refractivity contribution in [3.8, 4) is 0 Å². The van der Waals surface area contributed by atoms with Gasteiger partial charge in [-0.15, -0.1) is 0 Å². The second-order valence-electron chi connectivity index (χ2n) is 8.28. The standard InChI is InChI=1S/C25H25N7O8/c1-4-26-23(35)17-10-31-21(15(17)3)22(27-12-28-31)29-18-9-16(6-5-14(18)2)24(36)32(19-7-8-40-30-19)25(37)39-13-38-20(34)11-33/h5-10,12,33H,4,11,13H2,1-3H3,(H,26,35)(H,27,28,29). The molecule has 0 saturated heterocycles. The average molecular weight is 552 g/mol. The molecule has 3 heterocycles. The number of hydrogen-bond acceptors (Lipinski definition) is 12. The summed E-state index contributed by atoms with van der Waals surface area (Å²) < 4.78 is 15.7. The van der Waals surface area contributed by atoms with Gasteiger partial charge in [-0.05, 0) is 44.0 Å². The maximum absolute atomic E-state index is 13.5. The minimum absolute atomic E-state index is 0.0700. The average Bonchev–Trinajstić information content (AvgIpc) is 3.58. The molecule has 1 aromatic carbocycles. The summed E-state index contributed by atoms with van der Waals surface area (Å²) >= 11 is 0. The van der Waals surface area contributed by atoms with Crippen LogP contribution in [0.5, 0.6) is 0 Å². The van der Waals surface area contributed by atoms with Gasteiger partial charge in [0.2, 0.25) is 6.79 Å². The lowest BCUT2D eigenvalue weighted by atomic mass is 10.1. The number of benzene rings is 1. The van der Waals surface area contributed by atoms with Gasteiger partial charge >= 0.3 is 12.1 Å². The number of ether oxygens (including phenoxy) is 2. The highest BCUT2D eigenvalue weighted by Gasteiger charge is 2.29. The number of aromatic nitrogens is 4. The van der Waals surface area contributed by atoms with E-state index in [1.54, 1.807) is 26.1 Å². The number of hydrogen-bond donors (Lipinski definition) is 3. The van der Waals surface area contributed by atoms with Crippen LogP contribution in [0.2, 0.25) is 0 Å². The first kappa shape index (κ1) is 27.7. The van der Waals surface area contributed by atoms with Crippen molar-refractivity contribution < 1.29 is 38.3 Å². The number of aliphatic hydroxyl groups excluding tert-OH is 1. The second-order valence-corrected chi connectivity index (χ2v) is 8.28. The highest BCUT2D eigenvalue weighted by atomic mass is 16.7. The summed E-state index contributed by atoms with van der Waals surface area (Å²) in [5.74, 6) is -1.87. The fourth-order valence-electron chi connectivity index (χ4n) is 3.74. The molecule has 3 amide bonds. The Labute approximate surface area is 226 Å². The molecular formula is C25H25N7O8. The number of carbonyl (C=O) groups excluding carboxylic acids is 4. The van der Waals surface area contributed by atoms with E-state index in [2.05, 4.69) is 30.6 Å². The smallest absolute Gasteiger partial charge is 0.425 e. The van der Waals surface area contributed by atoms with Gasteiger partial charge in [-0.1, -0.05) is 11.2 Å². The molecule has 15 heteroatoms. The Balaban J connectivity index is 1.64. The van der Waals surface area contributed by atoms with E-state index in [-0.39, 0.29) is 17.3 Å². The van der Waals surface area contributed by atoms with E-state index in [9.17, 15) is 19.2 Å². The molecule has 208 valence electrons. The minimum Gasteiger partial charge on any atom is -0.426 e. The van der Waals surface area contributed by atoms with Crippen LogP contribution in [0.25, 0.3) is 5.52 Å². The first-order chi connectivity index (χ1) is 19.2. The molecule has 0 aliphatic carbocycles. The summed E-state index contributed by atoms with van der Waals surface area (Å²) in [6, 6.07) is 5.94. The van der Waals surface area contributed by atoms with E-state index >= 15 is 0 Å². The van der Waals surface area contributed by atoms with Gasteiger partial charge in [0.05, 0.1) is 5.56 Å². The zero-order chi connectivity index (χ0) is 28.8. The van der Waals surface area contributed by atoms with Crippen molar-refractivity contribution >= 4 is 46.7 Å². The lowest BCUT2D eigenvalue weighted by Gasteiger charge is -2.18. The molecule has 15 nitrogen and oxygen atoms in total. The Morgan fingerprint density at radius 2 is 1.95 bits per heavy atom. The summed E-state index contributed by atoms with van der Waals surface area (Å²) in [4.78, 5) is 54.7. The predicted octanol–water partition coefficient (Wildman–Crippen LogP) is 2.10. The molecule has 0 saturated carbocycles. The van der Waals surface area contributed by atoms with E-state index in [0.717, 1.165) is 11.8 Å². The molecule has 4 rings (SSSR count). The molecule has 3 N–H and O–H groups in total. The van der Waals surface area contributed by atoms with Crippen LogP contribution in [0, 0.1) is 13.8 Å². The molecule has 0 aliphatic heterocycles. The molecule has 0 radical (unpaired) electrons. The lowest BCUT2D eigenvalue weighted by Crippen LogP contribution is -2.38. The number of aryl methyl sites for hydroxylation is 2. The van der Waals surface area contributed by atoms with Gasteiger partial charge in [0.25, 0.3) is 11.8 Å². The predicted molar refractivity (Wildman–Crippen MR) is 138 cm³/mol. The Kier molecular flexibility index (Phi) is 8.34. The van der Waals surface area contributed by atoms with Gasteiger partial charge in [0, 0.05) is 30.1 Å². The van der Waals surface area contributed by atoms with Crippen molar-refractivity contribution in [1.29, 1.82) is 0 Å². The van der Waals surface area contributed by atoms with Gasteiger partial charge < -0.3 is 29.7 Å². The van der Waals surface area contributed by atoms with Crippen molar-refractivity contribution in [3.63, 3.8) is 0 Å². The molecule has 40 heavy (non-hydrogen) atoms. The lowest BCUT2D eigenvalue weighted by molar-refractivity contribution is -0.154. The monoisotopic (exact) mass is 551 g/mol. The van der Waals surface area contributed by atoms with Crippen LogP contribution in [-0.2, 0) is 14.3 Å². The van der Waals surface area contributed by atoms with Crippen molar-refractivity contribution in [1.82, 2.24) is 25.1 Å². The molecule has 0 fully saturated rings. The Hall–Kier alpha value is -5.31. The third-order valence-electron chi connectivity index (χ3n) is 5.72. The molecule has 0 aliphatic rings. The summed E-state index contributed by atoms with van der Waals surface area (Å²) in [5.41, 5.74) is 2.95. The molecule has 0 bridgehead atoms. The van der Waals surface area contributed by atoms with Crippen LogP contribution in [0.4, 0.5) is 22.1 Å². The van der Waals surface area contributed by atoms with Gasteiger partial charge in [0.1, 0.15) is 24.7 Å². The summed E-state index contributed by atoms with van der Waals surface area (Å²) in [6.07, 6.45) is 2.89. The first-order valence-corrected chi connectivity index (χ1v) is 11.9. The Morgan fingerprint density at radius 1 is 1.15 bits per heavy atom. The van der Waals surface area contributed by atoms with Crippen molar-refractivity contribution in [3.05, 3.63) is 65.3 Å². The number of imide groups is 1. The maximum Gasteiger partial charge on any atom is 0.425 e.